The molecule has 0 aromatic rings. The van der Waals surface area contributed by atoms with Crippen LogP contribution in [-0.4, -0.2) is 0 Å². The molecular weight excluding hydrogens is 3590 g/mol. The van der Waals surface area contributed by atoms with Crippen molar-refractivity contribution in [3.63, 3.8) is 0 Å². The van der Waals surface area contributed by atoms with Gasteiger partial charge < -0.3 is 0 Å². The van der Waals surface area contributed by atoms with Gasteiger partial charge in [-0.3, -0.25) is 0 Å². The zero-order valence-corrected chi connectivity index (χ0v) is 179. The summed E-state index contributed by atoms with van der Waals surface area (Å²) in [6.07, 6.45) is 0. The van der Waals surface area contributed by atoms with E-state index < -0.39 is 384 Å². The minimum Gasteiger partial charge on any atom is -0.109 e. The van der Waals surface area contributed by atoms with Gasteiger partial charge in [-0.1, -0.05) is 7.96 Å². The molecule has 64 atom stereocenters. The Labute approximate surface area is 909 Å². The van der Waals surface area contributed by atoms with E-state index in [0.29, 0.717) is 0 Å². The van der Waals surface area contributed by atoms with Crippen molar-refractivity contribution in [2.75, 3.05) is 0 Å². The van der Waals surface area contributed by atoms with Crippen molar-refractivity contribution >= 4 is 925 Å². The first kappa shape index (κ1) is 166. The molecule has 116 heteroatoms. The van der Waals surface area contributed by atoms with E-state index in [1.165, 1.54) is 0 Å². The molecule has 0 amide bonds. The highest BCUT2D eigenvalue weighted by atomic mass is 33.6. The fourth-order valence-electron chi connectivity index (χ4n) is 7.12. The average molecular weight is 3710 g/mol. The summed E-state index contributed by atoms with van der Waals surface area (Å²) in [5.74, 6) is 0. The summed E-state index contributed by atoms with van der Waals surface area (Å²) in [6, 6.07) is 0. The Balaban J connectivity index is 15.3. The molecule has 0 aliphatic heterocycles. The van der Waals surface area contributed by atoms with E-state index in [2.05, 4.69) is 518 Å². The van der Waals surface area contributed by atoms with Crippen LogP contribution in [0.15, 0.2) is 0 Å². The van der Waals surface area contributed by atoms with Crippen LogP contribution in [0, 0.1) is 0 Å². The lowest BCUT2D eigenvalue weighted by atomic mass is 28.4. The molecule has 0 fully saturated rings. The van der Waals surface area contributed by atoms with Gasteiger partial charge in [-0.25, -0.2) is 0 Å². The molecule has 0 saturated heterocycles. The van der Waals surface area contributed by atoms with Crippen LogP contribution in [0.4, 0.5) is 0 Å². The molecule has 0 aromatic heterocycles. The molecule has 0 heterocycles. The van der Waals surface area contributed by atoms with Gasteiger partial charge in [0.25, 0.3) is 0 Å². The molecule has 0 aromatic carbocycles. The molecule has 0 bridgehead atoms. The van der Waals surface area contributed by atoms with Crippen LogP contribution in [-0.2, 0) is 0 Å². The molecule has 116 heavy (non-hydrogen) atoms. The van der Waals surface area contributed by atoms with Gasteiger partial charge >= 0.3 is 0 Å². The summed E-state index contributed by atoms with van der Waals surface area (Å²) in [6.45, 7) is -26.2. The van der Waals surface area contributed by atoms with Gasteiger partial charge in [0.1, 0.15) is 0 Å². The van der Waals surface area contributed by atoms with Crippen LogP contribution in [0.3, 0.4) is 0 Å². The van der Waals surface area contributed by atoms with Crippen LogP contribution in [0.2, 0.25) is 0 Å². The van der Waals surface area contributed by atoms with Crippen molar-refractivity contribution in [3.8, 4) is 0 Å². The maximum Gasteiger partial charge on any atom is -0.000359 e. The second-order valence-electron chi connectivity index (χ2n) is 18.5. The van der Waals surface area contributed by atoms with Gasteiger partial charge in [-0.2, -0.15) is 0 Å². The Bertz CT molecular complexity index is 2010. The number of hydrogen-bond donors (Lipinski definition) is 0. The highest BCUT2D eigenvalue weighted by molar-refractivity contribution is 9.59. The van der Waals surface area contributed by atoms with E-state index in [4.69, 9.17) is 0 Å². The second kappa shape index (κ2) is 91.6. The second-order valence-corrected chi connectivity index (χ2v) is 500. The highest BCUT2D eigenvalue weighted by Gasteiger charge is 2.66. The van der Waals surface area contributed by atoms with Crippen LogP contribution < -0.4 is 0 Å². The van der Waals surface area contributed by atoms with Gasteiger partial charge in [0.2, 0.25) is 0 Å². The van der Waals surface area contributed by atoms with E-state index >= 15 is 0 Å². The van der Waals surface area contributed by atoms with Crippen molar-refractivity contribution in [3.05, 3.63) is 0 Å². The normalized spacial score (nSPS) is 15.9. The first-order chi connectivity index (χ1) is 52.8. The van der Waals surface area contributed by atoms with Crippen LogP contribution in [0.5, 0.6) is 0 Å². The minimum atomic E-state index is -0.672. The molecule has 698 valence electrons. The average Bonchev–Trinajstić information content (AvgIpc) is 0.720. The van der Waals surface area contributed by atoms with Crippen molar-refractivity contribution in [1.29, 1.82) is 0 Å². The molecule has 0 saturated carbocycles. The summed E-state index contributed by atoms with van der Waals surface area (Å²) in [5.41, 5.74) is 0. The summed E-state index contributed by atoms with van der Waals surface area (Å²) < 4.78 is 0. The van der Waals surface area contributed by atoms with Crippen molar-refractivity contribution in [1.82, 2.24) is 0 Å². The topological polar surface area (TPSA) is 0 Å². The van der Waals surface area contributed by atoms with Crippen molar-refractivity contribution < 1.29 is 0 Å². The standard InChI is InChI=1S/H118P116/c1-59-89(58)106(92(61(2)3)62(4)5)107(93(63(6)7)64(8)9)90(108(111(94(65(10)11)66(12)13)95(67(14)15)68(16)17)112(96(69(18)19)70(20)21)97(71(22)23)72(24)25)60-91(109(113(98(73(26)27)74(28)29)99(75(30)31)76(32)33)114(100(77(34)35)78(36)37)101(79(38)39)80(40)41)110(115(102(81(42)43)82(44)45)103(83(46)47)84(48)49)116(104(85(50)51)86(52)53)105(87(54)55)88(56)57/h59-60H,1-58H2. The highest BCUT2D eigenvalue weighted by Crippen LogP contribution is 3.53. The maximum atomic E-state index is 4.03. The third kappa shape index (κ3) is 58.8. The molecular formula is H118P116. The molecule has 64 unspecified atom stereocenters. The van der Waals surface area contributed by atoms with E-state index in [1.807, 2.05) is 0 Å². The lowest BCUT2D eigenvalue weighted by Crippen LogP contribution is -1.74. The van der Waals surface area contributed by atoms with Crippen LogP contribution in [0.25, 0.3) is 0 Å². The van der Waals surface area contributed by atoms with E-state index in [0.717, 1.165) is 15.9 Å². The van der Waals surface area contributed by atoms with Gasteiger partial charge in [0.05, 0.1) is 0 Å². The third-order valence-electron chi connectivity index (χ3n) is 10.3. The van der Waals surface area contributed by atoms with Crippen LogP contribution >= 0.6 is 925 Å². The van der Waals surface area contributed by atoms with Gasteiger partial charge in [-0.15, -0.1) is 518 Å². The SMILES string of the molecule is PPP(P)P(P(P(P)P)P(P)P)P(P(PP(P(P(P(P(P)P)P(P)P)P(P(P)P)P(P)P)P(P(P(P)P)P(P)P)P(P(P)P)P(P)P)P(P(P(P(P)P)P(P)P)P(P(P)P)P(P)P)P(P(P(P)P)P(P)P)P(P(P)P)P(P)P)P(P(P(P(P)P)P(P)P)P(P(P)P)P(P)P)P(P(P(P)P)P(P)P)P(P(P)P)P(P)P)P(P(P)P)P(P)P. The number of hydrogen-bond acceptors (Lipinski definition) is 0. The summed E-state index contributed by atoms with van der Waals surface area (Å²) in [7, 11) is 224. The molecule has 0 nitrogen and oxygen atoms in total. The Kier molecular flexibility index (Phi) is 131. The Morgan fingerprint density at radius 3 is 0.259 bits per heavy atom. The van der Waals surface area contributed by atoms with E-state index in [1.54, 1.807) is 0 Å². The van der Waals surface area contributed by atoms with Crippen LogP contribution in [0.1, 0.15) is 0 Å². The molecule has 0 N–H and O–H groups in total. The molecule has 0 spiro atoms. The van der Waals surface area contributed by atoms with E-state index in [9.17, 15) is 0 Å². The summed E-state index contributed by atoms with van der Waals surface area (Å²) in [4.78, 5) is 0. The predicted octanol–water partition coefficient (Wildman–Crippen LogP) is 68.3. The fraction of sp³-hybridized carbons (Fsp3) is 0. The quantitative estimate of drug-likeness (QED) is 0.0533. The Morgan fingerprint density at radius 1 is 0.0948 bits per heavy atom. The predicted molar refractivity (Wildman–Crippen MR) is 967 cm³/mol. The monoisotopic (exact) mass is 3710 g/mol. The molecule has 0 radical (unpaired) electrons. The lowest BCUT2D eigenvalue weighted by molar-refractivity contribution is 4.32. The van der Waals surface area contributed by atoms with Gasteiger partial charge in [0.15, 0.2) is 0 Å². The maximum absolute atomic E-state index is 4.03. The molecule has 0 aliphatic carbocycles. The third-order valence-corrected chi connectivity index (χ3v) is 836. The summed E-state index contributed by atoms with van der Waals surface area (Å²) in [5, 5.41) is 0. The number of rotatable bonds is 57. The van der Waals surface area contributed by atoms with Crippen molar-refractivity contribution in [2.24, 2.45) is 0 Å². The zero-order chi connectivity index (χ0) is 91.7. The van der Waals surface area contributed by atoms with E-state index in [-0.39, 0.29) is 6.99 Å². The Hall–Kier alpha value is 49.9. The zero-order valence-electron chi connectivity index (χ0n) is 59.5. The first-order valence-electron chi connectivity index (χ1n) is 26.5. The van der Waals surface area contributed by atoms with Gasteiger partial charge in [0, 0.05) is 0 Å². The fourth-order valence-corrected chi connectivity index (χ4v) is 1730. The minimum absolute atomic E-state index is 0.369. The summed E-state index contributed by atoms with van der Waals surface area (Å²) >= 11 is 0. The van der Waals surface area contributed by atoms with Gasteiger partial charge in [-0.05, 0) is 399 Å². The largest absolute Gasteiger partial charge is 0.109 e. The smallest absolute Gasteiger partial charge is 0.000359 e. The molecule has 0 aliphatic rings. The first-order valence-corrected chi connectivity index (χ1v) is 238. The molecule has 0 rings (SSSR count). The van der Waals surface area contributed by atoms with Crippen molar-refractivity contribution in [2.45, 2.75) is 0 Å². The lowest BCUT2D eigenvalue weighted by Gasteiger charge is -2.62. The Morgan fingerprint density at radius 2 is 0.172 bits per heavy atom.